The zero-order valence-electron chi connectivity index (χ0n) is 14.4. The van der Waals surface area contributed by atoms with E-state index in [0.717, 1.165) is 34.4 Å². The number of nitrogens with zero attached hydrogens (tertiary/aromatic N) is 4. The number of hydrogen-bond acceptors (Lipinski definition) is 4. The molecule has 0 N–H and O–H groups in total. The van der Waals surface area contributed by atoms with Gasteiger partial charge < -0.3 is 9.80 Å². The summed E-state index contributed by atoms with van der Waals surface area (Å²) in [5.41, 5.74) is 2.58. The van der Waals surface area contributed by atoms with Crippen LogP contribution in [0.1, 0.15) is 10.5 Å². The maximum Gasteiger partial charge on any atom is 0.272 e. The smallest absolute Gasteiger partial charge is 0.272 e. The maximum atomic E-state index is 12.9. The van der Waals surface area contributed by atoms with Crippen LogP contribution in [-0.2, 0) is 7.05 Å². The molecule has 3 heterocycles. The molecular formula is C19H19ClN4OS. The molecule has 1 fully saturated rings. The summed E-state index contributed by atoms with van der Waals surface area (Å²) in [6.07, 6.45) is 0. The van der Waals surface area contributed by atoms with E-state index in [1.54, 1.807) is 16.0 Å². The molecule has 0 unspecified atom stereocenters. The molecule has 0 aliphatic carbocycles. The fraction of sp³-hybridized carbons (Fsp3) is 0.263. The standard InChI is InChI=1S/C19H19ClN4OS/c1-22-17(13-16(21-22)18-6-3-11-26-18)19(25)24-9-7-23(8-10-24)15-5-2-4-14(20)12-15/h2-6,11-13H,7-10H2,1H3. The molecule has 26 heavy (non-hydrogen) atoms. The first-order valence-corrected chi connectivity index (χ1v) is 9.75. The van der Waals surface area contributed by atoms with Gasteiger partial charge in [-0.25, -0.2) is 0 Å². The van der Waals surface area contributed by atoms with Gasteiger partial charge in [-0.2, -0.15) is 5.10 Å². The van der Waals surface area contributed by atoms with Crippen molar-refractivity contribution < 1.29 is 4.79 Å². The molecule has 3 aromatic rings. The fourth-order valence-corrected chi connectivity index (χ4v) is 4.08. The van der Waals surface area contributed by atoms with Crippen molar-refractivity contribution in [3.05, 3.63) is 58.6 Å². The van der Waals surface area contributed by atoms with Gasteiger partial charge in [0.25, 0.3) is 5.91 Å². The molecule has 0 atom stereocenters. The van der Waals surface area contributed by atoms with Crippen molar-refractivity contribution >= 4 is 34.5 Å². The zero-order chi connectivity index (χ0) is 18.1. The van der Waals surface area contributed by atoms with E-state index in [4.69, 9.17) is 11.6 Å². The monoisotopic (exact) mass is 386 g/mol. The molecule has 4 rings (SSSR count). The van der Waals surface area contributed by atoms with Crippen LogP contribution >= 0.6 is 22.9 Å². The number of hydrogen-bond donors (Lipinski definition) is 0. The molecule has 1 aromatic carbocycles. The minimum Gasteiger partial charge on any atom is -0.368 e. The fourth-order valence-electron chi connectivity index (χ4n) is 3.21. The summed E-state index contributed by atoms with van der Waals surface area (Å²) >= 11 is 7.71. The van der Waals surface area contributed by atoms with Crippen LogP contribution < -0.4 is 4.90 Å². The Bertz CT molecular complexity index is 914. The molecule has 1 aliphatic rings. The van der Waals surface area contributed by atoms with Crippen LogP contribution in [0.2, 0.25) is 5.02 Å². The van der Waals surface area contributed by atoms with E-state index in [-0.39, 0.29) is 5.91 Å². The van der Waals surface area contributed by atoms with Gasteiger partial charge in [-0.15, -0.1) is 11.3 Å². The van der Waals surface area contributed by atoms with E-state index in [0.29, 0.717) is 18.8 Å². The molecule has 0 spiro atoms. The Morgan fingerprint density at radius 1 is 1.12 bits per heavy atom. The molecule has 1 amide bonds. The summed E-state index contributed by atoms with van der Waals surface area (Å²) in [4.78, 5) is 18.2. The summed E-state index contributed by atoms with van der Waals surface area (Å²) in [6, 6.07) is 13.7. The average Bonchev–Trinajstić information content (AvgIpc) is 3.31. The van der Waals surface area contributed by atoms with E-state index in [2.05, 4.69) is 16.1 Å². The van der Waals surface area contributed by atoms with Gasteiger partial charge in [0, 0.05) is 43.9 Å². The molecule has 5 nitrogen and oxygen atoms in total. The number of rotatable bonds is 3. The van der Waals surface area contributed by atoms with E-state index >= 15 is 0 Å². The van der Waals surface area contributed by atoms with Gasteiger partial charge in [0.05, 0.1) is 4.88 Å². The third kappa shape index (κ3) is 3.34. The van der Waals surface area contributed by atoms with Crippen LogP contribution in [0, 0.1) is 0 Å². The van der Waals surface area contributed by atoms with Gasteiger partial charge in [0.2, 0.25) is 0 Å². The summed E-state index contributed by atoms with van der Waals surface area (Å²) in [5, 5.41) is 7.24. The lowest BCUT2D eigenvalue weighted by Crippen LogP contribution is -2.49. The predicted molar refractivity (Wildman–Crippen MR) is 106 cm³/mol. The van der Waals surface area contributed by atoms with Gasteiger partial charge in [0.1, 0.15) is 11.4 Å². The average molecular weight is 387 g/mol. The summed E-state index contributed by atoms with van der Waals surface area (Å²) in [6.45, 7) is 2.96. The van der Waals surface area contributed by atoms with Gasteiger partial charge in [-0.05, 0) is 35.7 Å². The van der Waals surface area contributed by atoms with E-state index < -0.39 is 0 Å². The summed E-state index contributed by atoms with van der Waals surface area (Å²) < 4.78 is 1.68. The minimum absolute atomic E-state index is 0.0357. The molecule has 1 saturated heterocycles. The van der Waals surface area contributed by atoms with Crippen LogP contribution in [-0.4, -0.2) is 46.8 Å². The molecule has 0 bridgehead atoms. The lowest BCUT2D eigenvalue weighted by atomic mass is 10.2. The predicted octanol–water partition coefficient (Wildman–Crippen LogP) is 3.76. The molecule has 0 radical (unpaired) electrons. The Kier molecular flexibility index (Phi) is 4.70. The van der Waals surface area contributed by atoms with Crippen LogP contribution in [0.25, 0.3) is 10.6 Å². The van der Waals surface area contributed by atoms with Crippen molar-refractivity contribution in [2.24, 2.45) is 7.05 Å². The van der Waals surface area contributed by atoms with Crippen LogP contribution in [0.5, 0.6) is 0 Å². The maximum absolute atomic E-state index is 12.9. The number of anilines is 1. The lowest BCUT2D eigenvalue weighted by Gasteiger charge is -2.36. The Balaban J connectivity index is 1.45. The molecule has 2 aromatic heterocycles. The van der Waals surface area contributed by atoms with Crippen molar-refractivity contribution in [1.82, 2.24) is 14.7 Å². The first kappa shape index (κ1) is 17.1. The summed E-state index contributed by atoms with van der Waals surface area (Å²) in [5.74, 6) is 0.0357. The Labute approximate surface area is 161 Å². The Morgan fingerprint density at radius 2 is 1.92 bits per heavy atom. The summed E-state index contributed by atoms with van der Waals surface area (Å²) in [7, 11) is 1.83. The zero-order valence-corrected chi connectivity index (χ0v) is 16.0. The van der Waals surface area contributed by atoms with Crippen molar-refractivity contribution in [2.75, 3.05) is 31.1 Å². The van der Waals surface area contributed by atoms with Crippen molar-refractivity contribution in [3.8, 4) is 10.6 Å². The highest BCUT2D eigenvalue weighted by atomic mass is 35.5. The highest BCUT2D eigenvalue weighted by Crippen LogP contribution is 2.25. The third-order valence-electron chi connectivity index (χ3n) is 4.61. The number of halogens is 1. The minimum atomic E-state index is 0.0357. The van der Waals surface area contributed by atoms with Gasteiger partial charge >= 0.3 is 0 Å². The van der Waals surface area contributed by atoms with Gasteiger partial charge in [-0.3, -0.25) is 9.48 Å². The highest BCUT2D eigenvalue weighted by molar-refractivity contribution is 7.13. The van der Waals surface area contributed by atoms with Crippen molar-refractivity contribution in [2.45, 2.75) is 0 Å². The second-order valence-corrected chi connectivity index (χ2v) is 7.66. The molecule has 134 valence electrons. The number of benzene rings is 1. The van der Waals surface area contributed by atoms with Gasteiger partial charge in [0.15, 0.2) is 0 Å². The second kappa shape index (κ2) is 7.13. The van der Waals surface area contributed by atoms with Crippen LogP contribution in [0.3, 0.4) is 0 Å². The number of carbonyl (C=O) groups is 1. The number of thiophene rings is 1. The number of aryl methyl sites for hydroxylation is 1. The van der Waals surface area contributed by atoms with Crippen LogP contribution in [0.15, 0.2) is 47.8 Å². The van der Waals surface area contributed by atoms with Crippen molar-refractivity contribution in [1.29, 1.82) is 0 Å². The second-order valence-electron chi connectivity index (χ2n) is 6.27. The Hall–Kier alpha value is -2.31. The largest absolute Gasteiger partial charge is 0.368 e. The van der Waals surface area contributed by atoms with Gasteiger partial charge in [-0.1, -0.05) is 23.7 Å². The normalized spacial score (nSPS) is 14.7. The van der Waals surface area contributed by atoms with E-state index in [1.165, 1.54) is 0 Å². The first-order chi connectivity index (χ1) is 12.6. The van der Waals surface area contributed by atoms with Crippen molar-refractivity contribution in [3.63, 3.8) is 0 Å². The third-order valence-corrected chi connectivity index (χ3v) is 5.74. The molecule has 0 saturated carbocycles. The molecule has 1 aliphatic heterocycles. The quantitative estimate of drug-likeness (QED) is 0.688. The topological polar surface area (TPSA) is 41.4 Å². The lowest BCUT2D eigenvalue weighted by molar-refractivity contribution is 0.0735. The molecule has 7 heteroatoms. The van der Waals surface area contributed by atoms with Crippen LogP contribution in [0.4, 0.5) is 5.69 Å². The number of carbonyl (C=O) groups excluding carboxylic acids is 1. The molecular weight excluding hydrogens is 368 g/mol. The van der Waals surface area contributed by atoms with E-state index in [9.17, 15) is 4.79 Å². The highest BCUT2D eigenvalue weighted by Gasteiger charge is 2.25. The number of piperazine rings is 1. The first-order valence-electron chi connectivity index (χ1n) is 8.49. The van der Waals surface area contributed by atoms with E-state index in [1.807, 2.05) is 53.7 Å². The Morgan fingerprint density at radius 3 is 2.62 bits per heavy atom. The number of aromatic nitrogens is 2. The number of amides is 1. The SMILES string of the molecule is Cn1nc(-c2cccs2)cc1C(=O)N1CCN(c2cccc(Cl)c2)CC1.